The van der Waals surface area contributed by atoms with Crippen molar-refractivity contribution < 1.29 is 9.53 Å². The number of fused-ring (bicyclic) bond motifs is 1. The SMILES string of the molecule is CC(C)OC(=O)N1CCC(n2ncc3c(Nc4ccc(C#N)cc4Cl)ncnc32)CC1. The molecule has 1 saturated heterocycles. The molecule has 0 spiro atoms. The third-order valence-corrected chi connectivity index (χ3v) is 5.46. The van der Waals surface area contributed by atoms with Crippen LogP contribution in [0.4, 0.5) is 16.3 Å². The Balaban J connectivity index is 1.52. The molecule has 4 rings (SSSR count). The van der Waals surface area contributed by atoms with Gasteiger partial charge in [0.2, 0.25) is 0 Å². The van der Waals surface area contributed by atoms with Crippen LogP contribution in [-0.2, 0) is 4.74 Å². The van der Waals surface area contributed by atoms with Crippen LogP contribution in [0.5, 0.6) is 0 Å². The lowest BCUT2D eigenvalue weighted by Crippen LogP contribution is -2.40. The van der Waals surface area contributed by atoms with Crippen molar-refractivity contribution in [3.8, 4) is 6.07 Å². The molecular formula is C21H22ClN7O2. The molecule has 1 fully saturated rings. The number of carbonyl (C=O) groups is 1. The number of hydrogen-bond acceptors (Lipinski definition) is 7. The van der Waals surface area contributed by atoms with Gasteiger partial charge in [0.25, 0.3) is 0 Å². The third-order valence-electron chi connectivity index (χ3n) is 5.15. The van der Waals surface area contributed by atoms with Crippen molar-refractivity contribution in [2.24, 2.45) is 0 Å². The van der Waals surface area contributed by atoms with E-state index in [4.69, 9.17) is 21.6 Å². The predicted molar refractivity (Wildman–Crippen MR) is 116 cm³/mol. The minimum atomic E-state index is -0.271. The molecule has 160 valence electrons. The van der Waals surface area contributed by atoms with Crippen LogP contribution in [0.25, 0.3) is 11.0 Å². The van der Waals surface area contributed by atoms with Crippen LogP contribution in [0.2, 0.25) is 5.02 Å². The van der Waals surface area contributed by atoms with Gasteiger partial charge in [-0.15, -0.1) is 0 Å². The van der Waals surface area contributed by atoms with E-state index in [9.17, 15) is 4.79 Å². The van der Waals surface area contributed by atoms with E-state index in [1.807, 2.05) is 18.5 Å². The quantitative estimate of drug-likeness (QED) is 0.646. The van der Waals surface area contributed by atoms with E-state index in [0.29, 0.717) is 40.8 Å². The molecule has 1 N–H and O–H groups in total. The monoisotopic (exact) mass is 439 g/mol. The first-order valence-corrected chi connectivity index (χ1v) is 10.4. The molecule has 0 aliphatic carbocycles. The minimum absolute atomic E-state index is 0.127. The van der Waals surface area contributed by atoms with Crippen molar-refractivity contribution >= 4 is 40.2 Å². The van der Waals surface area contributed by atoms with Gasteiger partial charge in [0.05, 0.1) is 46.1 Å². The average molecular weight is 440 g/mol. The van der Waals surface area contributed by atoms with Crippen LogP contribution in [0.1, 0.15) is 38.3 Å². The maximum atomic E-state index is 12.1. The number of halogens is 1. The highest BCUT2D eigenvalue weighted by Crippen LogP contribution is 2.31. The molecular weight excluding hydrogens is 418 g/mol. The summed E-state index contributed by atoms with van der Waals surface area (Å²) in [5.41, 5.74) is 1.84. The number of likely N-dealkylation sites (tertiary alicyclic amines) is 1. The topological polar surface area (TPSA) is 109 Å². The predicted octanol–water partition coefficient (Wildman–Crippen LogP) is 4.28. The van der Waals surface area contributed by atoms with Gasteiger partial charge in [-0.2, -0.15) is 10.4 Å². The molecule has 0 radical (unpaired) electrons. The summed E-state index contributed by atoms with van der Waals surface area (Å²) in [5.74, 6) is 0.584. The summed E-state index contributed by atoms with van der Waals surface area (Å²) >= 11 is 6.29. The Labute approximate surface area is 184 Å². The normalized spacial score (nSPS) is 14.6. The first-order chi connectivity index (χ1) is 15.0. The van der Waals surface area contributed by atoms with Gasteiger partial charge < -0.3 is 15.0 Å². The van der Waals surface area contributed by atoms with Gasteiger partial charge >= 0.3 is 6.09 Å². The number of benzene rings is 1. The first-order valence-electron chi connectivity index (χ1n) is 10.1. The number of anilines is 2. The summed E-state index contributed by atoms with van der Waals surface area (Å²) in [6, 6.07) is 7.22. The number of amides is 1. The number of aromatic nitrogens is 4. The second-order valence-corrected chi connectivity index (χ2v) is 8.04. The number of nitriles is 1. The standard InChI is InChI=1S/C21H22ClN7O2/c1-13(2)31-21(30)28-7-5-15(6-8-28)29-20-16(11-26-29)19(24-12-25-20)27-18-4-3-14(10-23)9-17(18)22/h3-4,9,11-13,15H,5-8H2,1-2H3,(H,24,25,27). The van der Waals surface area contributed by atoms with Gasteiger partial charge in [0.15, 0.2) is 5.65 Å². The van der Waals surface area contributed by atoms with E-state index < -0.39 is 0 Å². The lowest BCUT2D eigenvalue weighted by Gasteiger charge is -2.31. The number of piperidine rings is 1. The fourth-order valence-corrected chi connectivity index (χ4v) is 3.84. The van der Waals surface area contributed by atoms with E-state index in [2.05, 4.69) is 26.5 Å². The van der Waals surface area contributed by atoms with Gasteiger partial charge in [-0.25, -0.2) is 19.4 Å². The molecule has 1 aliphatic heterocycles. The Morgan fingerprint density at radius 2 is 2.10 bits per heavy atom. The van der Waals surface area contributed by atoms with Crippen LogP contribution in [0, 0.1) is 11.3 Å². The largest absolute Gasteiger partial charge is 0.447 e. The summed E-state index contributed by atoms with van der Waals surface area (Å²) in [6.07, 6.45) is 4.33. The van der Waals surface area contributed by atoms with Crippen LogP contribution in [-0.4, -0.2) is 49.9 Å². The number of carbonyl (C=O) groups excluding carboxylic acids is 1. The molecule has 10 heteroatoms. The Morgan fingerprint density at radius 3 is 2.77 bits per heavy atom. The maximum absolute atomic E-state index is 12.1. The van der Waals surface area contributed by atoms with Crippen LogP contribution in [0.15, 0.2) is 30.7 Å². The molecule has 0 saturated carbocycles. The lowest BCUT2D eigenvalue weighted by molar-refractivity contribution is 0.0656. The lowest BCUT2D eigenvalue weighted by atomic mass is 10.1. The second-order valence-electron chi connectivity index (χ2n) is 7.63. The van der Waals surface area contributed by atoms with Crippen molar-refractivity contribution in [3.05, 3.63) is 41.3 Å². The Morgan fingerprint density at radius 1 is 1.32 bits per heavy atom. The zero-order chi connectivity index (χ0) is 22.0. The number of ether oxygens (including phenoxy) is 1. The number of nitrogens with zero attached hydrogens (tertiary/aromatic N) is 6. The molecule has 0 atom stereocenters. The Hall–Kier alpha value is -3.38. The van der Waals surface area contributed by atoms with Gasteiger partial charge in [0, 0.05) is 13.1 Å². The molecule has 31 heavy (non-hydrogen) atoms. The molecule has 0 unspecified atom stereocenters. The van der Waals surface area contributed by atoms with Crippen molar-refractivity contribution in [2.75, 3.05) is 18.4 Å². The number of hydrogen-bond donors (Lipinski definition) is 1. The maximum Gasteiger partial charge on any atom is 0.410 e. The smallest absolute Gasteiger partial charge is 0.410 e. The average Bonchev–Trinajstić information content (AvgIpc) is 3.20. The third kappa shape index (κ3) is 4.39. The Kier molecular flexibility index (Phi) is 5.91. The van der Waals surface area contributed by atoms with Crippen LogP contribution < -0.4 is 5.32 Å². The van der Waals surface area contributed by atoms with E-state index in [1.54, 1.807) is 29.3 Å². The highest BCUT2D eigenvalue weighted by Gasteiger charge is 2.27. The van der Waals surface area contributed by atoms with Gasteiger partial charge in [-0.3, -0.25) is 0 Å². The van der Waals surface area contributed by atoms with E-state index in [1.165, 1.54) is 6.33 Å². The molecule has 1 aliphatic rings. The van der Waals surface area contributed by atoms with Crippen molar-refractivity contribution in [3.63, 3.8) is 0 Å². The van der Waals surface area contributed by atoms with Crippen molar-refractivity contribution in [1.29, 1.82) is 5.26 Å². The zero-order valence-corrected chi connectivity index (χ0v) is 18.0. The van der Waals surface area contributed by atoms with Gasteiger partial charge in [-0.05, 0) is 44.9 Å². The molecule has 1 aromatic carbocycles. The second kappa shape index (κ2) is 8.78. The summed E-state index contributed by atoms with van der Waals surface area (Å²) in [5, 5.41) is 18.0. The van der Waals surface area contributed by atoms with Crippen molar-refractivity contribution in [1.82, 2.24) is 24.6 Å². The molecule has 2 aromatic heterocycles. The van der Waals surface area contributed by atoms with Gasteiger partial charge in [-0.1, -0.05) is 11.6 Å². The fraction of sp³-hybridized carbons (Fsp3) is 0.381. The van der Waals surface area contributed by atoms with E-state index >= 15 is 0 Å². The fourth-order valence-electron chi connectivity index (χ4n) is 3.61. The summed E-state index contributed by atoms with van der Waals surface area (Å²) in [6.45, 7) is 4.90. The number of rotatable bonds is 4. The first kappa shape index (κ1) is 20.9. The molecule has 1 amide bonds. The highest BCUT2D eigenvalue weighted by atomic mass is 35.5. The Bertz CT molecular complexity index is 1150. The molecule has 9 nitrogen and oxygen atoms in total. The summed E-state index contributed by atoms with van der Waals surface area (Å²) in [7, 11) is 0. The van der Waals surface area contributed by atoms with Gasteiger partial charge in [0.1, 0.15) is 12.1 Å². The van der Waals surface area contributed by atoms with Crippen LogP contribution >= 0.6 is 11.6 Å². The molecule has 0 bridgehead atoms. The molecule has 3 heterocycles. The van der Waals surface area contributed by atoms with E-state index in [-0.39, 0.29) is 18.2 Å². The van der Waals surface area contributed by atoms with E-state index in [0.717, 1.165) is 18.2 Å². The summed E-state index contributed by atoms with van der Waals surface area (Å²) < 4.78 is 7.19. The molecule has 3 aromatic rings. The minimum Gasteiger partial charge on any atom is -0.447 e. The highest BCUT2D eigenvalue weighted by molar-refractivity contribution is 6.33. The van der Waals surface area contributed by atoms with Crippen molar-refractivity contribution in [2.45, 2.75) is 38.8 Å². The van der Waals surface area contributed by atoms with Crippen LogP contribution in [0.3, 0.4) is 0 Å². The number of nitrogens with one attached hydrogen (secondary N) is 1. The zero-order valence-electron chi connectivity index (χ0n) is 17.2. The summed E-state index contributed by atoms with van der Waals surface area (Å²) in [4.78, 5) is 22.6.